The van der Waals surface area contributed by atoms with Crippen LogP contribution in [0, 0.1) is 5.82 Å². The highest BCUT2D eigenvalue weighted by Gasteiger charge is 2.27. The van der Waals surface area contributed by atoms with E-state index in [2.05, 4.69) is 4.98 Å². The molecule has 8 heteroatoms. The van der Waals surface area contributed by atoms with Gasteiger partial charge in [-0.3, -0.25) is 4.98 Å². The summed E-state index contributed by atoms with van der Waals surface area (Å²) in [6.07, 6.45) is 3.08. The number of halogens is 1. The van der Waals surface area contributed by atoms with Gasteiger partial charge in [0, 0.05) is 18.1 Å². The molecule has 0 aliphatic carbocycles. The maximum atomic E-state index is 14.2. The van der Waals surface area contributed by atoms with Gasteiger partial charge in [-0.2, -0.15) is 4.31 Å². The molecule has 0 amide bonds. The highest BCUT2D eigenvalue weighted by Crippen LogP contribution is 2.26. The Morgan fingerprint density at radius 1 is 1.06 bits per heavy atom. The Morgan fingerprint density at radius 2 is 1.87 bits per heavy atom. The molecule has 2 aromatic carbocycles. The quantitative estimate of drug-likeness (QED) is 0.395. The van der Waals surface area contributed by atoms with Crippen LogP contribution in [0.4, 0.5) is 4.39 Å². The second-order valence-electron chi connectivity index (χ2n) is 6.90. The maximum Gasteiger partial charge on any atom is 0.243 e. The molecule has 0 fully saturated rings. The molecule has 0 aliphatic rings. The molecular formula is C23H21FN2O4S. The number of benzene rings is 2. The predicted octanol–water partition coefficient (Wildman–Crippen LogP) is 4.76. The zero-order chi connectivity index (χ0) is 21.8. The average Bonchev–Trinajstić information content (AvgIpc) is 3.27. The Hall–Kier alpha value is -3.23. The minimum atomic E-state index is -3.92. The first kappa shape index (κ1) is 21.0. The second-order valence-corrected chi connectivity index (χ2v) is 8.83. The van der Waals surface area contributed by atoms with Gasteiger partial charge in [-0.25, -0.2) is 12.8 Å². The Balaban J connectivity index is 1.74. The third-order valence-electron chi connectivity index (χ3n) is 4.78. The van der Waals surface area contributed by atoms with Crippen LogP contribution in [0.25, 0.3) is 10.9 Å². The second kappa shape index (κ2) is 8.87. The number of pyridine rings is 1. The molecule has 0 spiro atoms. The number of aromatic nitrogens is 1. The van der Waals surface area contributed by atoms with Gasteiger partial charge >= 0.3 is 0 Å². The summed E-state index contributed by atoms with van der Waals surface area (Å²) in [6, 6.07) is 15.8. The average molecular weight is 440 g/mol. The van der Waals surface area contributed by atoms with Crippen molar-refractivity contribution < 1.29 is 22.0 Å². The zero-order valence-electron chi connectivity index (χ0n) is 16.9. The van der Waals surface area contributed by atoms with Crippen LogP contribution in [0.2, 0.25) is 0 Å². The van der Waals surface area contributed by atoms with Gasteiger partial charge < -0.3 is 9.15 Å². The highest BCUT2D eigenvalue weighted by atomic mass is 32.2. The lowest BCUT2D eigenvalue weighted by molar-refractivity contribution is 0.339. The van der Waals surface area contributed by atoms with Gasteiger partial charge in [-0.15, -0.1) is 0 Å². The molecule has 0 saturated heterocycles. The normalized spacial score (nSPS) is 11.8. The van der Waals surface area contributed by atoms with Crippen molar-refractivity contribution in [3.8, 4) is 5.75 Å². The van der Waals surface area contributed by atoms with Crippen molar-refractivity contribution >= 4 is 20.9 Å². The standard InChI is InChI=1S/C23H21FN2O4S/c1-2-29-20-7-9-22(10-8-20)31(27,28)26(16-21-6-4-12-30-21)15-18-14-19(24)13-17-5-3-11-25-23(17)18/h3-14H,2,15-16H2,1H3. The summed E-state index contributed by atoms with van der Waals surface area (Å²) in [5.74, 6) is 0.606. The fourth-order valence-electron chi connectivity index (χ4n) is 3.36. The Labute approximate surface area is 180 Å². The van der Waals surface area contributed by atoms with E-state index in [0.717, 1.165) is 0 Å². The number of furan rings is 1. The van der Waals surface area contributed by atoms with E-state index in [-0.39, 0.29) is 18.0 Å². The van der Waals surface area contributed by atoms with E-state index in [9.17, 15) is 12.8 Å². The van der Waals surface area contributed by atoms with Gasteiger partial charge in [0.05, 0.1) is 29.8 Å². The molecule has 4 aromatic rings. The van der Waals surface area contributed by atoms with Gasteiger partial charge in [0.25, 0.3) is 0 Å². The monoisotopic (exact) mass is 440 g/mol. The molecule has 4 rings (SSSR count). The third-order valence-corrected chi connectivity index (χ3v) is 6.59. The molecular weight excluding hydrogens is 419 g/mol. The van der Waals surface area contributed by atoms with Gasteiger partial charge in [-0.1, -0.05) is 6.07 Å². The number of sulfonamides is 1. The molecule has 0 saturated carbocycles. The molecule has 6 nitrogen and oxygen atoms in total. The van der Waals surface area contributed by atoms with E-state index >= 15 is 0 Å². The van der Waals surface area contributed by atoms with Crippen LogP contribution in [-0.2, 0) is 23.1 Å². The number of fused-ring (bicyclic) bond motifs is 1. The summed E-state index contributed by atoms with van der Waals surface area (Å²) in [5.41, 5.74) is 1.02. The van der Waals surface area contributed by atoms with E-state index in [0.29, 0.717) is 34.6 Å². The van der Waals surface area contributed by atoms with Crippen molar-refractivity contribution in [1.29, 1.82) is 0 Å². The topological polar surface area (TPSA) is 72.6 Å². The van der Waals surface area contributed by atoms with E-state index in [1.165, 1.54) is 34.8 Å². The summed E-state index contributed by atoms with van der Waals surface area (Å²) in [4.78, 5) is 4.44. The van der Waals surface area contributed by atoms with Crippen molar-refractivity contribution in [2.24, 2.45) is 0 Å². The summed E-state index contributed by atoms with van der Waals surface area (Å²) in [6.45, 7) is 2.26. The first-order valence-electron chi connectivity index (χ1n) is 9.76. The van der Waals surface area contributed by atoms with Gasteiger partial charge in [0.2, 0.25) is 10.0 Å². The molecule has 0 unspecified atom stereocenters. The van der Waals surface area contributed by atoms with Gasteiger partial charge in [-0.05, 0) is 67.1 Å². The van der Waals surface area contributed by atoms with Crippen molar-refractivity contribution in [3.05, 3.63) is 90.3 Å². The van der Waals surface area contributed by atoms with Gasteiger partial charge in [0.1, 0.15) is 17.3 Å². The Kier molecular flexibility index (Phi) is 6.01. The minimum Gasteiger partial charge on any atom is -0.494 e. The van der Waals surface area contributed by atoms with E-state index in [4.69, 9.17) is 9.15 Å². The fourth-order valence-corrected chi connectivity index (χ4v) is 4.75. The molecule has 0 atom stereocenters. The number of nitrogens with zero attached hydrogens (tertiary/aromatic N) is 2. The highest BCUT2D eigenvalue weighted by molar-refractivity contribution is 7.89. The third kappa shape index (κ3) is 4.60. The van der Waals surface area contributed by atoms with Crippen molar-refractivity contribution in [1.82, 2.24) is 9.29 Å². The first-order chi connectivity index (χ1) is 15.0. The largest absolute Gasteiger partial charge is 0.494 e. The minimum absolute atomic E-state index is 0.00656. The molecule has 2 heterocycles. The van der Waals surface area contributed by atoms with Crippen LogP contribution in [0.5, 0.6) is 5.75 Å². The fraction of sp³-hybridized carbons (Fsp3) is 0.174. The Bertz CT molecular complexity index is 1270. The number of ether oxygens (including phenoxy) is 1. The van der Waals surface area contributed by atoms with Crippen LogP contribution in [0.3, 0.4) is 0 Å². The first-order valence-corrected chi connectivity index (χ1v) is 11.2. The van der Waals surface area contributed by atoms with E-state index in [1.807, 2.05) is 6.92 Å². The van der Waals surface area contributed by atoms with Crippen LogP contribution in [0.1, 0.15) is 18.2 Å². The maximum absolute atomic E-state index is 14.2. The zero-order valence-corrected chi connectivity index (χ0v) is 17.7. The molecule has 0 radical (unpaired) electrons. The summed E-state index contributed by atoms with van der Waals surface area (Å²) in [5, 5.41) is 0.605. The lowest BCUT2D eigenvalue weighted by Crippen LogP contribution is -2.30. The number of rotatable bonds is 8. The SMILES string of the molecule is CCOc1ccc(S(=O)(=O)N(Cc2ccco2)Cc2cc(F)cc3cccnc23)cc1. The van der Waals surface area contributed by atoms with Crippen molar-refractivity contribution in [3.63, 3.8) is 0 Å². The molecule has 31 heavy (non-hydrogen) atoms. The number of hydrogen-bond donors (Lipinski definition) is 0. The molecule has 2 aromatic heterocycles. The smallest absolute Gasteiger partial charge is 0.243 e. The van der Waals surface area contributed by atoms with E-state index in [1.54, 1.807) is 42.6 Å². The van der Waals surface area contributed by atoms with Crippen LogP contribution < -0.4 is 4.74 Å². The summed E-state index contributed by atoms with van der Waals surface area (Å²) < 4.78 is 53.2. The van der Waals surface area contributed by atoms with Crippen LogP contribution in [0.15, 0.2) is 82.4 Å². The van der Waals surface area contributed by atoms with Crippen molar-refractivity contribution in [2.75, 3.05) is 6.61 Å². The van der Waals surface area contributed by atoms with Crippen LogP contribution in [-0.4, -0.2) is 24.3 Å². The molecule has 0 N–H and O–H groups in total. The summed E-state index contributed by atoms with van der Waals surface area (Å²) >= 11 is 0. The predicted molar refractivity (Wildman–Crippen MR) is 114 cm³/mol. The lowest BCUT2D eigenvalue weighted by Gasteiger charge is -2.22. The molecule has 0 aliphatic heterocycles. The van der Waals surface area contributed by atoms with E-state index < -0.39 is 15.8 Å². The van der Waals surface area contributed by atoms with Gasteiger partial charge in [0.15, 0.2) is 0 Å². The van der Waals surface area contributed by atoms with Crippen molar-refractivity contribution in [2.45, 2.75) is 24.9 Å². The summed E-state index contributed by atoms with van der Waals surface area (Å²) in [7, 11) is -3.92. The molecule has 0 bridgehead atoms. The Morgan fingerprint density at radius 3 is 2.58 bits per heavy atom. The molecule has 160 valence electrons. The number of hydrogen-bond acceptors (Lipinski definition) is 5. The lowest BCUT2D eigenvalue weighted by atomic mass is 10.1. The van der Waals surface area contributed by atoms with Crippen LogP contribution >= 0.6 is 0 Å².